The molecule has 1 N–H and O–H groups in total. The molecule has 0 saturated carbocycles. The van der Waals surface area contributed by atoms with Gasteiger partial charge in [-0.25, -0.2) is 14.8 Å². The molecule has 3 aromatic rings. The Hall–Kier alpha value is -2.65. The second-order valence-corrected chi connectivity index (χ2v) is 7.13. The number of nitrogens with one attached hydrogen (secondary N) is 1. The fraction of sp³-hybridized carbons (Fsp3) is 0.235. The largest absolute Gasteiger partial charge is 0.358 e. The van der Waals surface area contributed by atoms with E-state index in [4.69, 9.17) is 11.6 Å². The Balaban J connectivity index is 2.33. The quantitative estimate of drug-likeness (QED) is 0.517. The number of carbonyl (C=O) groups is 1. The van der Waals surface area contributed by atoms with E-state index in [0.717, 1.165) is 16.3 Å². The van der Waals surface area contributed by atoms with Crippen LogP contribution in [0.5, 0.6) is 0 Å². The topological polar surface area (TPSA) is 98.9 Å². The Kier molecular flexibility index (Phi) is 5.33. The summed E-state index contributed by atoms with van der Waals surface area (Å²) in [6.07, 6.45) is 0. The molecule has 0 fully saturated rings. The number of fused-ring (bicyclic) bond motifs is 1. The summed E-state index contributed by atoms with van der Waals surface area (Å²) in [5.74, 6) is 0.175. The lowest BCUT2D eigenvalue weighted by Gasteiger charge is -2.12. The van der Waals surface area contributed by atoms with Crippen molar-refractivity contribution in [2.24, 2.45) is 14.1 Å². The van der Waals surface area contributed by atoms with Gasteiger partial charge < -0.3 is 5.32 Å². The number of benzene rings is 1. The minimum absolute atomic E-state index is 0.0730. The number of aryl methyl sites for hydroxylation is 1. The van der Waals surface area contributed by atoms with E-state index < -0.39 is 11.2 Å². The van der Waals surface area contributed by atoms with Crippen molar-refractivity contribution >= 4 is 40.3 Å². The average molecular weight is 406 g/mol. The lowest BCUT2D eigenvalue weighted by atomic mass is 10.2. The van der Waals surface area contributed by atoms with Gasteiger partial charge in [0.1, 0.15) is 10.4 Å². The summed E-state index contributed by atoms with van der Waals surface area (Å²) in [5, 5.41) is 3.55. The van der Waals surface area contributed by atoms with Crippen LogP contribution in [0.1, 0.15) is 0 Å². The number of rotatable bonds is 4. The Bertz CT molecular complexity index is 1170. The highest BCUT2D eigenvalue weighted by Gasteiger charge is 2.19. The fourth-order valence-corrected chi connectivity index (χ4v) is 3.57. The molecule has 3 rings (SSSR count). The standard InChI is InChI=1S/C17H16ClN5O3S/c1-19-11(24)8-27-15-12-14(22(2)17(26)23(3)16(12)25)20-13(21-15)9-5-4-6-10(18)7-9/h4-7H,8H2,1-3H3,(H,19,24). The molecule has 0 bridgehead atoms. The van der Waals surface area contributed by atoms with Crippen LogP contribution in [0, 0.1) is 0 Å². The molecule has 1 aromatic carbocycles. The van der Waals surface area contributed by atoms with Crippen LogP contribution in [0.15, 0.2) is 38.9 Å². The van der Waals surface area contributed by atoms with Gasteiger partial charge in [0, 0.05) is 31.7 Å². The number of thioether (sulfide) groups is 1. The van der Waals surface area contributed by atoms with Crippen molar-refractivity contribution in [2.45, 2.75) is 5.03 Å². The number of aromatic nitrogens is 4. The van der Waals surface area contributed by atoms with Crippen LogP contribution in [0.2, 0.25) is 5.02 Å². The molecule has 0 saturated heterocycles. The summed E-state index contributed by atoms with van der Waals surface area (Å²) >= 11 is 7.16. The average Bonchev–Trinajstić information content (AvgIpc) is 2.68. The number of hydrogen-bond acceptors (Lipinski definition) is 6. The summed E-state index contributed by atoms with van der Waals surface area (Å²) in [7, 11) is 4.45. The Morgan fingerprint density at radius 3 is 2.63 bits per heavy atom. The minimum atomic E-state index is -0.509. The molecule has 10 heteroatoms. The van der Waals surface area contributed by atoms with Gasteiger partial charge >= 0.3 is 5.69 Å². The Morgan fingerprint density at radius 2 is 1.96 bits per heavy atom. The number of carbonyl (C=O) groups excluding carboxylic acids is 1. The molecule has 0 aliphatic rings. The van der Waals surface area contributed by atoms with Crippen LogP contribution in [0.3, 0.4) is 0 Å². The van der Waals surface area contributed by atoms with Gasteiger partial charge in [0.05, 0.1) is 5.75 Å². The van der Waals surface area contributed by atoms with Gasteiger partial charge in [-0.2, -0.15) is 0 Å². The summed E-state index contributed by atoms with van der Waals surface area (Å²) in [4.78, 5) is 45.5. The lowest BCUT2D eigenvalue weighted by Crippen LogP contribution is -2.37. The molecule has 0 aliphatic carbocycles. The van der Waals surface area contributed by atoms with E-state index in [1.807, 2.05) is 0 Å². The highest BCUT2D eigenvalue weighted by molar-refractivity contribution is 8.00. The first-order chi connectivity index (χ1) is 12.8. The van der Waals surface area contributed by atoms with Crippen LogP contribution >= 0.6 is 23.4 Å². The minimum Gasteiger partial charge on any atom is -0.358 e. The Morgan fingerprint density at radius 1 is 1.22 bits per heavy atom. The van der Waals surface area contributed by atoms with Crippen molar-refractivity contribution in [1.29, 1.82) is 0 Å². The SMILES string of the molecule is CNC(=O)CSc1nc(-c2cccc(Cl)c2)nc2c1c(=O)n(C)c(=O)n2C. The van der Waals surface area contributed by atoms with Gasteiger partial charge in [0.2, 0.25) is 5.91 Å². The molecule has 0 atom stereocenters. The van der Waals surface area contributed by atoms with E-state index in [1.165, 1.54) is 25.7 Å². The molecule has 140 valence electrons. The van der Waals surface area contributed by atoms with Gasteiger partial charge in [-0.05, 0) is 12.1 Å². The first kappa shape index (κ1) is 19.1. The van der Waals surface area contributed by atoms with E-state index in [9.17, 15) is 14.4 Å². The molecular formula is C17H16ClN5O3S. The van der Waals surface area contributed by atoms with Crippen LogP contribution in [0.4, 0.5) is 0 Å². The van der Waals surface area contributed by atoms with E-state index in [0.29, 0.717) is 21.4 Å². The van der Waals surface area contributed by atoms with Crippen molar-refractivity contribution in [2.75, 3.05) is 12.8 Å². The maximum Gasteiger partial charge on any atom is 0.332 e. The van der Waals surface area contributed by atoms with Gasteiger partial charge in [-0.15, -0.1) is 0 Å². The molecule has 0 aliphatic heterocycles. The van der Waals surface area contributed by atoms with E-state index >= 15 is 0 Å². The first-order valence-electron chi connectivity index (χ1n) is 7.90. The number of hydrogen-bond donors (Lipinski definition) is 1. The third-order valence-corrected chi connectivity index (χ3v) is 5.18. The highest BCUT2D eigenvalue weighted by atomic mass is 35.5. The van der Waals surface area contributed by atoms with E-state index in [1.54, 1.807) is 24.3 Å². The van der Waals surface area contributed by atoms with Crippen molar-refractivity contribution in [3.63, 3.8) is 0 Å². The van der Waals surface area contributed by atoms with Crippen LogP contribution in [-0.2, 0) is 18.9 Å². The van der Waals surface area contributed by atoms with E-state index in [2.05, 4.69) is 15.3 Å². The zero-order chi connectivity index (χ0) is 19.7. The number of amides is 1. The highest BCUT2D eigenvalue weighted by Crippen LogP contribution is 2.27. The molecule has 8 nitrogen and oxygen atoms in total. The maximum absolute atomic E-state index is 12.7. The second-order valence-electron chi connectivity index (χ2n) is 5.73. The fourth-order valence-electron chi connectivity index (χ4n) is 2.50. The number of halogens is 1. The number of nitrogens with zero attached hydrogens (tertiary/aromatic N) is 4. The molecular weight excluding hydrogens is 390 g/mol. The van der Waals surface area contributed by atoms with Crippen LogP contribution < -0.4 is 16.6 Å². The summed E-state index contributed by atoms with van der Waals surface area (Å²) in [6.45, 7) is 0. The predicted octanol–water partition coefficient (Wildman–Crippen LogP) is 1.19. The smallest absolute Gasteiger partial charge is 0.332 e. The lowest BCUT2D eigenvalue weighted by molar-refractivity contribution is -0.118. The van der Waals surface area contributed by atoms with Gasteiger partial charge in [0.25, 0.3) is 5.56 Å². The summed E-state index contributed by atoms with van der Waals surface area (Å²) in [5.41, 5.74) is -0.164. The van der Waals surface area contributed by atoms with Crippen molar-refractivity contribution in [1.82, 2.24) is 24.4 Å². The van der Waals surface area contributed by atoms with Crippen LogP contribution in [-0.4, -0.2) is 37.8 Å². The third-order valence-electron chi connectivity index (χ3n) is 3.97. The molecule has 0 radical (unpaired) electrons. The molecule has 0 spiro atoms. The predicted molar refractivity (Wildman–Crippen MR) is 105 cm³/mol. The van der Waals surface area contributed by atoms with Gasteiger partial charge in [-0.1, -0.05) is 35.5 Å². The van der Waals surface area contributed by atoms with Crippen molar-refractivity contribution in [3.05, 3.63) is 50.1 Å². The Labute approximate surface area is 163 Å². The molecule has 2 heterocycles. The molecule has 0 unspecified atom stereocenters. The zero-order valence-corrected chi connectivity index (χ0v) is 16.4. The monoisotopic (exact) mass is 405 g/mol. The molecule has 2 aromatic heterocycles. The van der Waals surface area contributed by atoms with Crippen molar-refractivity contribution in [3.8, 4) is 11.4 Å². The molecule has 27 heavy (non-hydrogen) atoms. The van der Waals surface area contributed by atoms with Gasteiger partial charge in [0.15, 0.2) is 11.5 Å². The normalized spacial score (nSPS) is 11.0. The summed E-state index contributed by atoms with van der Waals surface area (Å²) in [6, 6.07) is 6.94. The summed E-state index contributed by atoms with van der Waals surface area (Å²) < 4.78 is 2.28. The second kappa shape index (κ2) is 7.53. The third kappa shape index (κ3) is 3.60. The van der Waals surface area contributed by atoms with Crippen molar-refractivity contribution < 1.29 is 4.79 Å². The molecule has 1 amide bonds. The van der Waals surface area contributed by atoms with E-state index in [-0.39, 0.29) is 22.7 Å². The van der Waals surface area contributed by atoms with Crippen LogP contribution in [0.25, 0.3) is 22.4 Å². The zero-order valence-electron chi connectivity index (χ0n) is 14.8. The van der Waals surface area contributed by atoms with Gasteiger partial charge in [-0.3, -0.25) is 18.7 Å². The maximum atomic E-state index is 12.7. The first-order valence-corrected chi connectivity index (χ1v) is 9.27.